The summed E-state index contributed by atoms with van der Waals surface area (Å²) < 4.78 is 6.37. The zero-order chi connectivity index (χ0) is 29.1. The van der Waals surface area contributed by atoms with E-state index in [1.54, 1.807) is 12.1 Å². The maximum atomic E-state index is 10.4. The van der Waals surface area contributed by atoms with E-state index in [4.69, 9.17) is 14.7 Å². The van der Waals surface area contributed by atoms with E-state index in [9.17, 15) is 5.11 Å². The van der Waals surface area contributed by atoms with Crippen molar-refractivity contribution in [3.63, 3.8) is 0 Å². The second-order valence-corrected chi connectivity index (χ2v) is 10.9. The molecule has 7 heteroatoms. The molecule has 2 aromatic heterocycles. The highest BCUT2D eigenvalue weighted by Crippen LogP contribution is 2.51. The van der Waals surface area contributed by atoms with Gasteiger partial charge in [-0.1, -0.05) is 60.7 Å². The lowest BCUT2D eigenvalue weighted by atomic mass is 9.59. The number of anilines is 4. The SMILES string of the molecule is Cc1cccc(C)c1N1B2c3ccccc3-c3ccc(Oc4cccc(-c5ccccc5O)n4)cc3N2c2ncccc21. The normalized spacial score (nSPS) is 12.8. The van der Waals surface area contributed by atoms with Crippen molar-refractivity contribution in [3.8, 4) is 39.8 Å². The van der Waals surface area contributed by atoms with Crippen LogP contribution in [0.1, 0.15) is 11.1 Å². The third-order valence-electron chi connectivity index (χ3n) is 8.31. The summed E-state index contributed by atoms with van der Waals surface area (Å²) in [5.41, 5.74) is 10.5. The molecular weight excluding hydrogens is 531 g/mol. The van der Waals surface area contributed by atoms with Gasteiger partial charge in [-0.3, -0.25) is 0 Å². The zero-order valence-electron chi connectivity index (χ0n) is 23.8. The maximum absolute atomic E-state index is 10.4. The number of phenols is 1. The van der Waals surface area contributed by atoms with Crippen molar-refractivity contribution in [2.75, 3.05) is 9.62 Å². The minimum Gasteiger partial charge on any atom is -0.507 e. The molecule has 0 saturated carbocycles. The maximum Gasteiger partial charge on any atom is 0.422 e. The fourth-order valence-electron chi connectivity index (χ4n) is 6.48. The number of rotatable bonds is 4. The van der Waals surface area contributed by atoms with E-state index < -0.39 is 0 Å². The number of para-hydroxylation sites is 2. The van der Waals surface area contributed by atoms with Crippen LogP contribution in [-0.4, -0.2) is 22.1 Å². The van der Waals surface area contributed by atoms with E-state index in [2.05, 4.69) is 84.1 Å². The van der Waals surface area contributed by atoms with Crippen molar-refractivity contribution >= 4 is 35.3 Å². The van der Waals surface area contributed by atoms with Gasteiger partial charge in [0.2, 0.25) is 5.88 Å². The van der Waals surface area contributed by atoms with Crippen LogP contribution in [0.25, 0.3) is 22.4 Å². The monoisotopic (exact) mass is 558 g/mol. The van der Waals surface area contributed by atoms with Crippen LogP contribution in [0.5, 0.6) is 17.4 Å². The van der Waals surface area contributed by atoms with Gasteiger partial charge in [-0.2, -0.15) is 0 Å². The first-order chi connectivity index (χ1) is 21.1. The molecule has 1 N–H and O–H groups in total. The Morgan fingerprint density at radius 1 is 0.674 bits per heavy atom. The molecule has 0 saturated heterocycles. The van der Waals surface area contributed by atoms with Gasteiger partial charge in [0.05, 0.1) is 11.4 Å². The average Bonchev–Trinajstić information content (AvgIpc) is 3.37. The van der Waals surface area contributed by atoms with Gasteiger partial charge >= 0.3 is 6.98 Å². The summed E-state index contributed by atoms with van der Waals surface area (Å²) in [4.78, 5) is 14.4. The standard InChI is InChI=1S/C36H27BN4O2/c1-23-10-7-11-24(2)35(23)40-31-16-9-21-38-36(31)41-32-22-25(19-20-27(32)26-12-3-5-14-29(26)37(40)41)43-34-18-8-15-30(39-34)28-13-4-6-17-33(28)42/h3-22,42H,1-2H3. The highest BCUT2D eigenvalue weighted by molar-refractivity contribution is 6.86. The molecule has 2 aliphatic heterocycles. The smallest absolute Gasteiger partial charge is 0.422 e. The van der Waals surface area contributed by atoms with Crippen LogP contribution in [0.2, 0.25) is 0 Å². The minimum atomic E-state index is -0.119. The lowest BCUT2D eigenvalue weighted by molar-refractivity contribution is 0.463. The van der Waals surface area contributed by atoms with Crippen LogP contribution in [0.15, 0.2) is 121 Å². The summed E-state index contributed by atoms with van der Waals surface area (Å²) in [5.74, 6) is 2.20. The van der Waals surface area contributed by atoms with Crippen LogP contribution < -0.4 is 19.8 Å². The topological polar surface area (TPSA) is 61.7 Å². The molecular formula is C36H27BN4O2. The molecule has 0 aliphatic carbocycles. The number of nitrogens with zero attached hydrogens (tertiary/aromatic N) is 4. The van der Waals surface area contributed by atoms with E-state index in [1.165, 1.54) is 27.8 Å². The fraction of sp³-hybridized carbons (Fsp3) is 0.0556. The first-order valence-corrected chi connectivity index (χ1v) is 14.3. The van der Waals surface area contributed by atoms with Crippen molar-refractivity contribution in [2.24, 2.45) is 0 Å². The van der Waals surface area contributed by atoms with Gasteiger partial charge in [0, 0.05) is 40.8 Å². The molecule has 0 amide bonds. The third kappa shape index (κ3) is 3.96. The Bertz CT molecular complexity index is 2020. The third-order valence-corrected chi connectivity index (χ3v) is 8.31. The van der Waals surface area contributed by atoms with E-state index in [-0.39, 0.29) is 12.7 Å². The van der Waals surface area contributed by atoms with Crippen LogP contribution in [0.4, 0.5) is 22.9 Å². The van der Waals surface area contributed by atoms with Gasteiger partial charge in [0.1, 0.15) is 17.3 Å². The van der Waals surface area contributed by atoms with Crippen molar-refractivity contribution in [3.05, 3.63) is 133 Å². The second-order valence-electron chi connectivity index (χ2n) is 10.9. The Labute approximate surface area is 250 Å². The van der Waals surface area contributed by atoms with Crippen LogP contribution in [-0.2, 0) is 0 Å². The number of aryl methyl sites for hydroxylation is 2. The molecule has 2 aliphatic rings. The van der Waals surface area contributed by atoms with Gasteiger partial charge in [-0.15, -0.1) is 0 Å². The molecule has 6 aromatic rings. The summed E-state index contributed by atoms with van der Waals surface area (Å²) in [7, 11) is 0. The number of benzene rings is 4. The largest absolute Gasteiger partial charge is 0.507 e. The molecule has 0 radical (unpaired) electrons. The van der Waals surface area contributed by atoms with Crippen LogP contribution >= 0.6 is 0 Å². The first-order valence-electron chi connectivity index (χ1n) is 14.3. The van der Waals surface area contributed by atoms with Gasteiger partial charge < -0.3 is 19.5 Å². The molecule has 0 bridgehead atoms. The lowest BCUT2D eigenvalue weighted by Crippen LogP contribution is -2.56. The van der Waals surface area contributed by atoms with Crippen molar-refractivity contribution in [1.82, 2.24) is 9.97 Å². The molecule has 43 heavy (non-hydrogen) atoms. The molecule has 4 heterocycles. The van der Waals surface area contributed by atoms with E-state index in [0.717, 1.165) is 22.8 Å². The van der Waals surface area contributed by atoms with Gasteiger partial charge in [0.25, 0.3) is 0 Å². The van der Waals surface area contributed by atoms with Crippen molar-refractivity contribution < 1.29 is 9.84 Å². The molecule has 4 aromatic carbocycles. The second kappa shape index (κ2) is 9.77. The van der Waals surface area contributed by atoms with Crippen molar-refractivity contribution in [1.29, 1.82) is 0 Å². The highest BCUT2D eigenvalue weighted by Gasteiger charge is 2.49. The Morgan fingerprint density at radius 3 is 2.28 bits per heavy atom. The number of fused-ring (bicyclic) bond motifs is 8. The minimum absolute atomic E-state index is 0.119. The number of aromatic nitrogens is 2. The molecule has 0 fully saturated rings. The Kier molecular flexibility index (Phi) is 5.72. The van der Waals surface area contributed by atoms with E-state index >= 15 is 0 Å². The molecule has 206 valence electrons. The number of aromatic hydroxyl groups is 1. The average molecular weight is 558 g/mol. The van der Waals surface area contributed by atoms with E-state index in [0.29, 0.717) is 22.9 Å². The number of pyridine rings is 2. The number of hydrogen-bond acceptors (Lipinski definition) is 6. The Morgan fingerprint density at radius 2 is 1.44 bits per heavy atom. The van der Waals surface area contributed by atoms with Crippen LogP contribution in [0.3, 0.4) is 0 Å². The van der Waals surface area contributed by atoms with Crippen LogP contribution in [0, 0.1) is 13.8 Å². The highest BCUT2D eigenvalue weighted by atomic mass is 16.5. The molecule has 8 rings (SSSR count). The van der Waals surface area contributed by atoms with Crippen molar-refractivity contribution in [2.45, 2.75) is 13.8 Å². The number of hydrogen-bond donors (Lipinski definition) is 1. The van der Waals surface area contributed by atoms with Gasteiger partial charge in [-0.05, 0) is 78.5 Å². The lowest BCUT2D eigenvalue weighted by Gasteiger charge is -2.37. The summed E-state index contributed by atoms with van der Waals surface area (Å²) >= 11 is 0. The summed E-state index contributed by atoms with van der Waals surface area (Å²) in [6, 6.07) is 38.2. The predicted molar refractivity (Wildman–Crippen MR) is 173 cm³/mol. The Hall–Kier alpha value is -5.56. The molecule has 0 spiro atoms. The van der Waals surface area contributed by atoms with Gasteiger partial charge in [0.15, 0.2) is 0 Å². The van der Waals surface area contributed by atoms with E-state index in [1.807, 2.05) is 48.7 Å². The first kappa shape index (κ1) is 25.2. The predicted octanol–water partition coefficient (Wildman–Crippen LogP) is 7.92. The Balaban J connectivity index is 1.27. The fourth-order valence-corrected chi connectivity index (χ4v) is 6.48. The summed E-state index contributed by atoms with van der Waals surface area (Å²) in [5, 5.41) is 10.4. The zero-order valence-corrected chi connectivity index (χ0v) is 23.8. The number of phenolic OH excluding ortho intramolecular Hbond substituents is 1. The molecule has 0 unspecified atom stereocenters. The molecule has 6 nitrogen and oxygen atoms in total. The quantitative estimate of drug-likeness (QED) is 0.222. The molecule has 0 atom stereocenters. The summed E-state index contributed by atoms with van der Waals surface area (Å²) in [6.45, 7) is 4.23. The summed E-state index contributed by atoms with van der Waals surface area (Å²) in [6.07, 6.45) is 1.86. The number of ether oxygens (including phenoxy) is 1. The van der Waals surface area contributed by atoms with Gasteiger partial charge in [-0.25, -0.2) is 9.97 Å².